The largest absolute Gasteiger partial charge is 0.507 e. The lowest BCUT2D eigenvalue weighted by Gasteiger charge is -2.34. The van der Waals surface area contributed by atoms with Crippen LogP contribution in [0.25, 0.3) is 6.08 Å². The third-order valence-corrected chi connectivity index (χ3v) is 8.39. The summed E-state index contributed by atoms with van der Waals surface area (Å²) >= 11 is 0. The van der Waals surface area contributed by atoms with E-state index in [2.05, 4.69) is 0 Å². The first kappa shape index (κ1) is 24.0. The number of ketones is 1. The van der Waals surface area contributed by atoms with Gasteiger partial charge in [0, 0.05) is 16.7 Å². The molecule has 1 aromatic rings. The SMILES string of the molecule is CC(C)(C)c1cc(C=C2C(=O)C3(CS(=O)(=O)O)CCC2C3(C)C)cc(C(C)(C)C)c1O. The second-order valence-electron chi connectivity index (χ2n) is 12.0. The van der Waals surface area contributed by atoms with Gasteiger partial charge in [-0.15, -0.1) is 0 Å². The Bertz CT molecular complexity index is 1030. The molecule has 3 rings (SSSR count). The highest BCUT2D eigenvalue weighted by atomic mass is 32.2. The number of benzene rings is 1. The Morgan fingerprint density at radius 1 is 1.06 bits per heavy atom. The first-order valence-electron chi connectivity index (χ1n) is 10.9. The van der Waals surface area contributed by atoms with Gasteiger partial charge in [0.2, 0.25) is 0 Å². The number of hydrogen-bond acceptors (Lipinski definition) is 4. The summed E-state index contributed by atoms with van der Waals surface area (Å²) in [5, 5.41) is 11.0. The van der Waals surface area contributed by atoms with Gasteiger partial charge in [-0.25, -0.2) is 0 Å². The van der Waals surface area contributed by atoms with Crippen molar-refractivity contribution in [3.8, 4) is 5.75 Å². The van der Waals surface area contributed by atoms with Crippen LogP contribution >= 0.6 is 0 Å². The zero-order valence-corrected chi connectivity index (χ0v) is 20.8. The lowest BCUT2D eigenvalue weighted by molar-refractivity contribution is -0.125. The molecule has 2 bridgehead atoms. The molecule has 2 atom stereocenters. The predicted octanol–water partition coefficient (Wildman–Crippen LogP) is 5.26. The zero-order chi connectivity index (χ0) is 23.8. The molecule has 2 N–H and O–H groups in total. The maximum atomic E-state index is 13.5. The highest BCUT2D eigenvalue weighted by Gasteiger charge is 2.67. The molecule has 0 amide bonds. The fraction of sp³-hybridized carbons (Fsp3) is 0.640. The van der Waals surface area contributed by atoms with Gasteiger partial charge in [0.25, 0.3) is 10.1 Å². The van der Waals surface area contributed by atoms with Crippen molar-refractivity contribution in [2.24, 2.45) is 16.7 Å². The van der Waals surface area contributed by atoms with E-state index >= 15 is 0 Å². The van der Waals surface area contributed by atoms with Crippen LogP contribution in [0.5, 0.6) is 5.75 Å². The molecule has 172 valence electrons. The molecule has 0 radical (unpaired) electrons. The van der Waals surface area contributed by atoms with Crippen LogP contribution in [0, 0.1) is 16.7 Å². The number of rotatable bonds is 3. The third kappa shape index (κ3) is 3.86. The Balaban J connectivity index is 2.20. The molecule has 5 nitrogen and oxygen atoms in total. The molecule has 0 spiro atoms. The molecule has 1 aromatic carbocycles. The predicted molar refractivity (Wildman–Crippen MR) is 124 cm³/mol. The van der Waals surface area contributed by atoms with Crippen LogP contribution < -0.4 is 0 Å². The van der Waals surface area contributed by atoms with Gasteiger partial charge >= 0.3 is 0 Å². The molecule has 0 saturated heterocycles. The number of carbonyl (C=O) groups is 1. The first-order chi connectivity index (χ1) is 13.8. The van der Waals surface area contributed by atoms with Crippen molar-refractivity contribution in [3.63, 3.8) is 0 Å². The molecule has 2 fully saturated rings. The lowest BCUT2D eigenvalue weighted by atomic mass is 9.70. The molecule has 0 aromatic heterocycles. The van der Waals surface area contributed by atoms with Crippen LogP contribution in [0.2, 0.25) is 0 Å². The molecular weight excluding hydrogens is 412 g/mol. The van der Waals surface area contributed by atoms with E-state index in [1.54, 1.807) is 0 Å². The fourth-order valence-corrected chi connectivity index (χ4v) is 6.93. The van der Waals surface area contributed by atoms with Gasteiger partial charge in [0.05, 0.1) is 11.2 Å². The number of Topliss-reactive ketones (excluding diaryl/α,β-unsaturated/α-hetero) is 1. The van der Waals surface area contributed by atoms with E-state index in [0.29, 0.717) is 12.0 Å². The normalized spacial score (nSPS) is 27.3. The van der Waals surface area contributed by atoms with Gasteiger partial charge in [-0.2, -0.15) is 8.42 Å². The number of hydrogen-bond donors (Lipinski definition) is 2. The van der Waals surface area contributed by atoms with Crippen LogP contribution in [-0.4, -0.2) is 29.6 Å². The van der Waals surface area contributed by atoms with Crippen molar-refractivity contribution >= 4 is 22.0 Å². The van der Waals surface area contributed by atoms with E-state index in [-0.39, 0.29) is 28.3 Å². The van der Waals surface area contributed by atoms with Crippen LogP contribution in [0.4, 0.5) is 0 Å². The number of phenols is 1. The maximum Gasteiger partial charge on any atom is 0.265 e. The molecular formula is C25H36O5S. The molecule has 6 heteroatoms. The fourth-order valence-electron chi connectivity index (χ4n) is 5.66. The Labute approximate surface area is 186 Å². The average Bonchev–Trinajstić information content (AvgIpc) is 2.87. The Kier molecular flexibility index (Phi) is 5.35. The summed E-state index contributed by atoms with van der Waals surface area (Å²) in [5.41, 5.74) is 0.872. The van der Waals surface area contributed by atoms with Gasteiger partial charge in [-0.1, -0.05) is 55.4 Å². The van der Waals surface area contributed by atoms with Crippen LogP contribution in [-0.2, 0) is 25.7 Å². The smallest absolute Gasteiger partial charge is 0.265 e. The highest BCUT2D eigenvalue weighted by Crippen LogP contribution is 2.66. The minimum absolute atomic E-state index is 0.0632. The number of allylic oxidation sites excluding steroid dienone is 1. The second kappa shape index (κ2) is 6.92. The summed E-state index contributed by atoms with van der Waals surface area (Å²) < 4.78 is 33.1. The Hall–Kier alpha value is -1.66. The van der Waals surface area contributed by atoms with Gasteiger partial charge in [0.1, 0.15) is 5.75 Å². The quantitative estimate of drug-likeness (QED) is 0.486. The summed E-state index contributed by atoms with van der Waals surface area (Å²) in [5.74, 6) is -0.485. The summed E-state index contributed by atoms with van der Waals surface area (Å²) in [6, 6.07) is 3.86. The van der Waals surface area contributed by atoms with Crippen molar-refractivity contribution in [2.45, 2.75) is 79.1 Å². The van der Waals surface area contributed by atoms with Crippen molar-refractivity contribution in [3.05, 3.63) is 34.4 Å². The van der Waals surface area contributed by atoms with Crippen molar-refractivity contribution < 1.29 is 22.9 Å². The van der Waals surface area contributed by atoms with Gasteiger partial charge in [-0.3, -0.25) is 9.35 Å². The second-order valence-corrected chi connectivity index (χ2v) is 13.5. The lowest BCUT2D eigenvalue weighted by Crippen LogP contribution is -2.42. The molecule has 2 aliphatic carbocycles. The summed E-state index contributed by atoms with van der Waals surface area (Å²) in [6.07, 6.45) is 3.07. The minimum Gasteiger partial charge on any atom is -0.507 e. The molecule has 0 aliphatic heterocycles. The van der Waals surface area contributed by atoms with Crippen molar-refractivity contribution in [1.29, 1.82) is 0 Å². The zero-order valence-electron chi connectivity index (χ0n) is 20.0. The highest BCUT2D eigenvalue weighted by molar-refractivity contribution is 7.85. The van der Waals surface area contributed by atoms with E-state index in [1.165, 1.54) is 0 Å². The van der Waals surface area contributed by atoms with Crippen LogP contribution in [0.3, 0.4) is 0 Å². The van der Waals surface area contributed by atoms with Crippen LogP contribution in [0.15, 0.2) is 17.7 Å². The number of carbonyl (C=O) groups excluding carboxylic acids is 1. The molecule has 0 heterocycles. The standard InChI is InChI=1S/C25H36O5S/c1-22(2,3)18-12-15(13-19(20(18)26)23(4,5)6)11-16-17-9-10-25(21(16)27,24(17,7)8)14-31(28,29)30/h11-13,17,26H,9-10,14H2,1-8H3,(H,28,29,30). The van der Waals surface area contributed by atoms with E-state index in [4.69, 9.17) is 0 Å². The minimum atomic E-state index is -4.29. The summed E-state index contributed by atoms with van der Waals surface area (Å²) in [4.78, 5) is 13.5. The molecule has 2 saturated carbocycles. The van der Waals surface area contributed by atoms with Crippen molar-refractivity contribution in [1.82, 2.24) is 0 Å². The monoisotopic (exact) mass is 448 g/mol. The maximum absolute atomic E-state index is 13.5. The summed E-state index contributed by atoms with van der Waals surface area (Å²) in [7, 11) is -4.29. The van der Waals surface area contributed by atoms with Gasteiger partial charge in [-0.05, 0) is 58.8 Å². The number of aromatic hydroxyl groups is 1. The molecule has 2 unspecified atom stereocenters. The first-order valence-corrected chi connectivity index (χ1v) is 12.5. The van der Waals surface area contributed by atoms with Gasteiger partial charge < -0.3 is 5.11 Å². The Morgan fingerprint density at radius 2 is 1.55 bits per heavy atom. The Morgan fingerprint density at radius 3 is 1.97 bits per heavy atom. The third-order valence-electron chi connectivity index (χ3n) is 7.54. The topological polar surface area (TPSA) is 91.7 Å². The summed E-state index contributed by atoms with van der Waals surface area (Å²) in [6.45, 7) is 16.1. The number of fused-ring (bicyclic) bond motifs is 2. The molecule has 2 aliphatic rings. The van der Waals surface area contributed by atoms with E-state index in [9.17, 15) is 22.9 Å². The van der Waals surface area contributed by atoms with E-state index in [1.807, 2.05) is 73.6 Å². The van der Waals surface area contributed by atoms with Crippen molar-refractivity contribution in [2.75, 3.05) is 5.75 Å². The van der Waals surface area contributed by atoms with E-state index < -0.39 is 26.7 Å². The molecule has 31 heavy (non-hydrogen) atoms. The van der Waals surface area contributed by atoms with Gasteiger partial charge in [0.15, 0.2) is 5.78 Å². The van der Waals surface area contributed by atoms with E-state index in [0.717, 1.165) is 23.1 Å². The average molecular weight is 449 g/mol. The van der Waals surface area contributed by atoms with Crippen LogP contribution in [0.1, 0.15) is 84.9 Å². The number of phenolic OH excluding ortho intramolecular Hbond substituents is 1.